The topological polar surface area (TPSA) is 75.9 Å². The van der Waals surface area contributed by atoms with Gasteiger partial charge in [0.1, 0.15) is 0 Å². The highest BCUT2D eigenvalue weighted by Gasteiger charge is 2.37. The predicted octanol–water partition coefficient (Wildman–Crippen LogP) is 1.39. The van der Waals surface area contributed by atoms with Crippen LogP contribution >= 0.6 is 0 Å². The van der Waals surface area contributed by atoms with E-state index < -0.39 is 0 Å². The van der Waals surface area contributed by atoms with E-state index in [0.29, 0.717) is 32.7 Å². The van der Waals surface area contributed by atoms with Crippen molar-refractivity contribution >= 4 is 11.8 Å². The number of ether oxygens (including phenoxy) is 1. The van der Waals surface area contributed by atoms with E-state index in [9.17, 15) is 9.59 Å². The third kappa shape index (κ3) is 4.83. The summed E-state index contributed by atoms with van der Waals surface area (Å²) in [6.07, 6.45) is 3.17. The van der Waals surface area contributed by atoms with Crippen molar-refractivity contribution in [2.75, 3.05) is 32.8 Å². The minimum absolute atomic E-state index is 0.0761. The molecule has 0 saturated carbocycles. The molecule has 2 fully saturated rings. The molecule has 3 rings (SSSR count). The maximum absolute atomic E-state index is 12.8. The number of nitrogens with zero attached hydrogens (tertiary/aromatic N) is 2. The van der Waals surface area contributed by atoms with Gasteiger partial charge in [-0.1, -0.05) is 30.3 Å². The van der Waals surface area contributed by atoms with E-state index in [0.717, 1.165) is 37.9 Å². The zero-order chi connectivity index (χ0) is 18.4. The van der Waals surface area contributed by atoms with Crippen LogP contribution in [0.25, 0.3) is 0 Å². The van der Waals surface area contributed by atoms with E-state index >= 15 is 0 Å². The highest BCUT2D eigenvalue weighted by Crippen LogP contribution is 2.24. The number of carbonyl (C=O) groups excluding carboxylic acids is 2. The van der Waals surface area contributed by atoms with Crippen LogP contribution in [0.15, 0.2) is 30.3 Å². The fourth-order valence-corrected chi connectivity index (χ4v) is 3.73. The lowest BCUT2D eigenvalue weighted by molar-refractivity contribution is -0.138. The first-order chi connectivity index (χ1) is 12.7. The van der Waals surface area contributed by atoms with Gasteiger partial charge in [0.15, 0.2) is 0 Å². The third-order valence-corrected chi connectivity index (χ3v) is 5.24. The molecule has 26 heavy (non-hydrogen) atoms. The molecule has 2 saturated heterocycles. The largest absolute Gasteiger partial charge is 0.378 e. The van der Waals surface area contributed by atoms with Crippen LogP contribution in [0.1, 0.15) is 31.2 Å². The Bertz CT molecular complexity index is 600. The number of carbonyl (C=O) groups is 2. The summed E-state index contributed by atoms with van der Waals surface area (Å²) in [7, 11) is 0. The molecule has 0 aromatic heterocycles. The summed E-state index contributed by atoms with van der Waals surface area (Å²) < 4.78 is 5.80. The van der Waals surface area contributed by atoms with Crippen LogP contribution in [0.5, 0.6) is 0 Å². The quantitative estimate of drug-likeness (QED) is 0.747. The molecule has 1 aromatic rings. The maximum Gasteiger partial charge on any atom is 0.227 e. The first-order valence-electron chi connectivity index (χ1n) is 9.59. The standard InChI is InChI=1S/C20H29N3O3/c21-9-4-12-26-18-7-10-22(11-8-18)20(25)17-13-19(24)23(15-17)14-16-5-2-1-3-6-16/h1-3,5-6,17-18H,4,7-15,21H2. The zero-order valence-electron chi connectivity index (χ0n) is 15.3. The average Bonchev–Trinajstić information content (AvgIpc) is 3.03. The SMILES string of the molecule is NCCCOC1CCN(C(=O)C2CC(=O)N(Cc3ccccc3)C2)CC1. The van der Waals surface area contributed by atoms with Gasteiger partial charge in [0, 0.05) is 39.2 Å². The Kier molecular flexibility index (Phi) is 6.63. The molecule has 2 aliphatic rings. The van der Waals surface area contributed by atoms with Gasteiger partial charge in [0.2, 0.25) is 11.8 Å². The van der Waals surface area contributed by atoms with Crippen molar-refractivity contribution in [3.63, 3.8) is 0 Å². The number of benzene rings is 1. The van der Waals surface area contributed by atoms with E-state index in [2.05, 4.69) is 0 Å². The second kappa shape index (κ2) is 9.14. The van der Waals surface area contributed by atoms with E-state index in [-0.39, 0.29) is 23.8 Å². The van der Waals surface area contributed by atoms with Gasteiger partial charge in [0.25, 0.3) is 0 Å². The number of hydrogen-bond donors (Lipinski definition) is 1. The number of likely N-dealkylation sites (tertiary alicyclic amines) is 2. The molecule has 2 aliphatic heterocycles. The molecule has 1 atom stereocenters. The lowest BCUT2D eigenvalue weighted by atomic mass is 10.0. The molecule has 1 unspecified atom stereocenters. The Labute approximate surface area is 155 Å². The van der Waals surface area contributed by atoms with Crippen LogP contribution < -0.4 is 5.73 Å². The highest BCUT2D eigenvalue weighted by atomic mass is 16.5. The fraction of sp³-hybridized carbons (Fsp3) is 0.600. The zero-order valence-corrected chi connectivity index (χ0v) is 15.3. The molecular formula is C20H29N3O3. The van der Waals surface area contributed by atoms with Crippen molar-refractivity contribution in [1.82, 2.24) is 9.80 Å². The lowest BCUT2D eigenvalue weighted by Crippen LogP contribution is -2.44. The first-order valence-corrected chi connectivity index (χ1v) is 9.59. The number of hydrogen-bond acceptors (Lipinski definition) is 4. The Balaban J connectivity index is 1.46. The lowest BCUT2D eigenvalue weighted by Gasteiger charge is -2.33. The van der Waals surface area contributed by atoms with Gasteiger partial charge >= 0.3 is 0 Å². The molecule has 1 aromatic carbocycles. The molecule has 142 valence electrons. The number of piperidine rings is 1. The van der Waals surface area contributed by atoms with Gasteiger partial charge in [-0.15, -0.1) is 0 Å². The fourth-order valence-electron chi connectivity index (χ4n) is 3.73. The molecule has 6 nitrogen and oxygen atoms in total. The predicted molar refractivity (Wildman–Crippen MR) is 99.2 cm³/mol. The van der Waals surface area contributed by atoms with Crippen molar-refractivity contribution < 1.29 is 14.3 Å². The summed E-state index contributed by atoms with van der Waals surface area (Å²) in [5, 5.41) is 0. The molecule has 0 bridgehead atoms. The van der Waals surface area contributed by atoms with Gasteiger partial charge < -0.3 is 20.3 Å². The molecule has 0 spiro atoms. The van der Waals surface area contributed by atoms with Gasteiger partial charge in [-0.25, -0.2) is 0 Å². The van der Waals surface area contributed by atoms with Crippen LogP contribution in [0.4, 0.5) is 0 Å². The maximum atomic E-state index is 12.8. The summed E-state index contributed by atoms with van der Waals surface area (Å²) >= 11 is 0. The smallest absolute Gasteiger partial charge is 0.227 e. The average molecular weight is 359 g/mol. The molecule has 2 heterocycles. The Morgan fingerprint density at radius 3 is 2.62 bits per heavy atom. The minimum Gasteiger partial charge on any atom is -0.378 e. The van der Waals surface area contributed by atoms with Crippen molar-refractivity contribution in [3.05, 3.63) is 35.9 Å². The summed E-state index contributed by atoms with van der Waals surface area (Å²) in [6, 6.07) is 9.93. The van der Waals surface area contributed by atoms with E-state index in [1.54, 1.807) is 4.90 Å². The molecule has 6 heteroatoms. The molecule has 0 radical (unpaired) electrons. The second-order valence-corrected chi connectivity index (χ2v) is 7.20. The van der Waals surface area contributed by atoms with Crippen LogP contribution in [-0.4, -0.2) is 60.5 Å². The summed E-state index contributed by atoms with van der Waals surface area (Å²) in [4.78, 5) is 28.8. The van der Waals surface area contributed by atoms with Crippen molar-refractivity contribution in [2.45, 2.75) is 38.3 Å². The number of rotatable bonds is 7. The molecule has 0 aliphatic carbocycles. The number of amides is 2. The minimum atomic E-state index is -0.207. The van der Waals surface area contributed by atoms with Crippen LogP contribution in [-0.2, 0) is 20.9 Å². The van der Waals surface area contributed by atoms with E-state index in [4.69, 9.17) is 10.5 Å². The summed E-state index contributed by atoms with van der Waals surface area (Å²) in [5.41, 5.74) is 6.58. The normalized spacial score (nSPS) is 21.4. The number of nitrogens with two attached hydrogens (primary N) is 1. The van der Waals surface area contributed by atoms with Crippen LogP contribution in [0, 0.1) is 5.92 Å². The monoisotopic (exact) mass is 359 g/mol. The van der Waals surface area contributed by atoms with E-state index in [1.165, 1.54) is 0 Å². The van der Waals surface area contributed by atoms with Gasteiger partial charge in [-0.2, -0.15) is 0 Å². The van der Waals surface area contributed by atoms with Crippen molar-refractivity contribution in [1.29, 1.82) is 0 Å². The van der Waals surface area contributed by atoms with E-state index in [1.807, 2.05) is 35.2 Å². The molecule has 2 N–H and O–H groups in total. The van der Waals surface area contributed by atoms with Crippen molar-refractivity contribution in [3.8, 4) is 0 Å². The van der Waals surface area contributed by atoms with Gasteiger partial charge in [-0.05, 0) is 31.4 Å². The van der Waals surface area contributed by atoms with Gasteiger partial charge in [-0.3, -0.25) is 9.59 Å². The van der Waals surface area contributed by atoms with Gasteiger partial charge in [0.05, 0.1) is 12.0 Å². The molecule has 2 amide bonds. The summed E-state index contributed by atoms with van der Waals surface area (Å²) in [6.45, 7) is 3.89. The Morgan fingerprint density at radius 1 is 1.19 bits per heavy atom. The van der Waals surface area contributed by atoms with Crippen LogP contribution in [0.2, 0.25) is 0 Å². The Hall–Kier alpha value is -1.92. The highest BCUT2D eigenvalue weighted by molar-refractivity contribution is 5.89. The summed E-state index contributed by atoms with van der Waals surface area (Å²) in [5.74, 6) is -0.0116. The third-order valence-electron chi connectivity index (χ3n) is 5.24. The first kappa shape index (κ1) is 18.9. The van der Waals surface area contributed by atoms with Crippen LogP contribution in [0.3, 0.4) is 0 Å². The second-order valence-electron chi connectivity index (χ2n) is 7.20. The molecular weight excluding hydrogens is 330 g/mol. The van der Waals surface area contributed by atoms with Crippen molar-refractivity contribution in [2.24, 2.45) is 11.7 Å². The Morgan fingerprint density at radius 2 is 1.92 bits per heavy atom.